The van der Waals surface area contributed by atoms with Crippen LogP contribution in [0.3, 0.4) is 0 Å². The number of rotatable bonds is 8. The number of benzene rings is 1. The third kappa shape index (κ3) is 6.61. The lowest BCUT2D eigenvalue weighted by molar-refractivity contribution is -0.121. The van der Waals surface area contributed by atoms with Gasteiger partial charge in [0.15, 0.2) is 0 Å². The van der Waals surface area contributed by atoms with Gasteiger partial charge in [-0.1, -0.05) is 32.9 Å². The lowest BCUT2D eigenvalue weighted by atomic mass is 9.92. The number of carbonyl (C=O) groups excluding carboxylic acids is 1. The predicted molar refractivity (Wildman–Crippen MR) is 95.2 cm³/mol. The lowest BCUT2D eigenvalue weighted by Crippen LogP contribution is -2.27. The van der Waals surface area contributed by atoms with Crippen molar-refractivity contribution in [3.63, 3.8) is 0 Å². The Morgan fingerprint density at radius 3 is 2.33 bits per heavy atom. The molecule has 0 radical (unpaired) electrons. The fourth-order valence-corrected chi connectivity index (χ4v) is 3.55. The van der Waals surface area contributed by atoms with Gasteiger partial charge in [0.1, 0.15) is 0 Å². The van der Waals surface area contributed by atoms with Crippen molar-refractivity contribution in [1.29, 1.82) is 0 Å². The minimum Gasteiger partial charge on any atom is -0.356 e. The minimum atomic E-state index is -3.40. The fourth-order valence-electron chi connectivity index (χ4n) is 2.25. The summed E-state index contributed by atoms with van der Waals surface area (Å²) in [5, 5.41) is 2.93. The van der Waals surface area contributed by atoms with E-state index in [1.807, 2.05) is 0 Å². The number of sulfonamides is 1. The highest BCUT2D eigenvalue weighted by Crippen LogP contribution is 2.22. The summed E-state index contributed by atoms with van der Waals surface area (Å²) >= 11 is 0. The van der Waals surface area contributed by atoms with E-state index in [2.05, 4.69) is 30.8 Å². The first-order valence-corrected chi connectivity index (χ1v) is 10.0. The minimum absolute atomic E-state index is 0.0337. The van der Waals surface area contributed by atoms with Gasteiger partial charge in [-0.15, -0.1) is 0 Å². The molecule has 0 aliphatic heterocycles. The van der Waals surface area contributed by atoms with Crippen LogP contribution < -0.4 is 10.0 Å². The standard InChI is InChI=1S/C18H28N2O3S/c1-18(2,3)12-13-19-17(21)11-6-14-4-9-16(10-5-14)24(22,23)20-15-7-8-15/h4-5,9-10,15,20H,6-8,11-13H2,1-3H3,(H,19,21). The smallest absolute Gasteiger partial charge is 0.240 e. The quantitative estimate of drug-likeness (QED) is 0.755. The molecule has 0 saturated heterocycles. The molecule has 2 rings (SSSR count). The predicted octanol–water partition coefficient (Wildman–Crippen LogP) is 2.61. The molecule has 1 fully saturated rings. The van der Waals surface area contributed by atoms with Gasteiger partial charge in [0.25, 0.3) is 0 Å². The topological polar surface area (TPSA) is 75.3 Å². The van der Waals surface area contributed by atoms with Crippen molar-refractivity contribution < 1.29 is 13.2 Å². The van der Waals surface area contributed by atoms with Gasteiger partial charge in [-0.3, -0.25) is 4.79 Å². The molecule has 1 aliphatic carbocycles. The average molecular weight is 353 g/mol. The van der Waals surface area contributed by atoms with E-state index in [4.69, 9.17) is 0 Å². The van der Waals surface area contributed by atoms with E-state index in [0.717, 1.165) is 24.8 Å². The highest BCUT2D eigenvalue weighted by atomic mass is 32.2. The van der Waals surface area contributed by atoms with Crippen molar-refractivity contribution >= 4 is 15.9 Å². The van der Waals surface area contributed by atoms with Crippen LogP contribution in [-0.4, -0.2) is 26.9 Å². The number of hydrogen-bond donors (Lipinski definition) is 2. The van der Waals surface area contributed by atoms with Crippen LogP contribution in [0.5, 0.6) is 0 Å². The van der Waals surface area contributed by atoms with E-state index < -0.39 is 10.0 Å². The Labute approximate surface area is 145 Å². The molecule has 1 aromatic rings. The third-order valence-electron chi connectivity index (χ3n) is 3.97. The summed E-state index contributed by atoms with van der Waals surface area (Å²) in [5.74, 6) is 0.0337. The van der Waals surface area contributed by atoms with Gasteiger partial charge in [0, 0.05) is 19.0 Å². The molecule has 5 nitrogen and oxygen atoms in total. The molecule has 134 valence electrons. The van der Waals surface area contributed by atoms with Crippen LogP contribution in [0, 0.1) is 5.41 Å². The van der Waals surface area contributed by atoms with Crippen LogP contribution >= 0.6 is 0 Å². The molecule has 0 bridgehead atoms. The van der Waals surface area contributed by atoms with Crippen molar-refractivity contribution in [1.82, 2.24) is 10.0 Å². The Kier molecular flexibility index (Phi) is 6.04. The number of nitrogens with one attached hydrogen (secondary N) is 2. The second kappa shape index (κ2) is 7.66. The van der Waals surface area contributed by atoms with Crippen molar-refractivity contribution in [3.8, 4) is 0 Å². The van der Waals surface area contributed by atoms with Crippen LogP contribution in [-0.2, 0) is 21.2 Å². The molecule has 0 heterocycles. The molecule has 1 amide bonds. The van der Waals surface area contributed by atoms with Gasteiger partial charge in [-0.25, -0.2) is 13.1 Å². The molecule has 1 aromatic carbocycles. The van der Waals surface area contributed by atoms with E-state index in [0.29, 0.717) is 19.4 Å². The summed E-state index contributed by atoms with van der Waals surface area (Å²) in [7, 11) is -3.40. The largest absolute Gasteiger partial charge is 0.356 e. The van der Waals surface area contributed by atoms with E-state index in [1.54, 1.807) is 24.3 Å². The molecular formula is C18H28N2O3S. The van der Waals surface area contributed by atoms with Gasteiger partial charge >= 0.3 is 0 Å². The second-order valence-corrected chi connectivity index (χ2v) is 9.41. The molecule has 0 atom stereocenters. The Morgan fingerprint density at radius 1 is 1.17 bits per heavy atom. The maximum absolute atomic E-state index is 12.1. The fraction of sp³-hybridized carbons (Fsp3) is 0.611. The summed E-state index contributed by atoms with van der Waals surface area (Å²) in [6, 6.07) is 6.88. The van der Waals surface area contributed by atoms with Gasteiger partial charge in [0.2, 0.25) is 15.9 Å². The monoisotopic (exact) mass is 352 g/mol. The number of aryl methyl sites for hydroxylation is 1. The Hall–Kier alpha value is -1.40. The Morgan fingerprint density at radius 2 is 1.79 bits per heavy atom. The zero-order valence-electron chi connectivity index (χ0n) is 14.8. The van der Waals surface area contributed by atoms with E-state index in [9.17, 15) is 13.2 Å². The van der Waals surface area contributed by atoms with E-state index >= 15 is 0 Å². The third-order valence-corrected chi connectivity index (χ3v) is 5.51. The summed E-state index contributed by atoms with van der Waals surface area (Å²) in [4.78, 5) is 12.1. The van der Waals surface area contributed by atoms with Gasteiger partial charge in [-0.05, 0) is 48.8 Å². The maximum Gasteiger partial charge on any atom is 0.240 e. The van der Waals surface area contributed by atoms with Crippen LogP contribution in [0.4, 0.5) is 0 Å². The molecule has 0 spiro atoms. The van der Waals surface area contributed by atoms with Crippen molar-refractivity contribution in [2.24, 2.45) is 5.41 Å². The molecule has 6 heteroatoms. The van der Waals surface area contributed by atoms with Gasteiger partial charge in [0.05, 0.1) is 4.90 Å². The van der Waals surface area contributed by atoms with Crippen molar-refractivity contribution in [2.45, 2.75) is 63.8 Å². The Bertz CT molecular complexity index is 656. The molecule has 0 aromatic heterocycles. The number of hydrogen-bond acceptors (Lipinski definition) is 3. The Balaban J connectivity index is 1.78. The molecule has 0 unspecified atom stereocenters. The average Bonchev–Trinajstić information content (AvgIpc) is 3.27. The SMILES string of the molecule is CC(C)(C)CCNC(=O)CCc1ccc(S(=O)(=O)NC2CC2)cc1. The summed E-state index contributed by atoms with van der Waals surface area (Å²) in [6.07, 6.45) is 3.80. The lowest BCUT2D eigenvalue weighted by Gasteiger charge is -2.18. The number of carbonyl (C=O) groups is 1. The van der Waals surface area contributed by atoms with Crippen molar-refractivity contribution in [2.75, 3.05) is 6.54 Å². The van der Waals surface area contributed by atoms with Crippen LogP contribution in [0.15, 0.2) is 29.2 Å². The second-order valence-electron chi connectivity index (χ2n) is 7.70. The zero-order valence-corrected chi connectivity index (χ0v) is 15.6. The maximum atomic E-state index is 12.1. The number of amides is 1. The highest BCUT2D eigenvalue weighted by Gasteiger charge is 2.27. The normalized spacial score (nSPS) is 15.3. The van der Waals surface area contributed by atoms with Crippen LogP contribution in [0.1, 0.15) is 52.0 Å². The van der Waals surface area contributed by atoms with Gasteiger partial charge < -0.3 is 5.32 Å². The summed E-state index contributed by atoms with van der Waals surface area (Å²) in [6.45, 7) is 7.12. The summed E-state index contributed by atoms with van der Waals surface area (Å²) in [5.41, 5.74) is 1.18. The van der Waals surface area contributed by atoms with Crippen LogP contribution in [0.2, 0.25) is 0 Å². The summed E-state index contributed by atoms with van der Waals surface area (Å²) < 4.78 is 26.8. The van der Waals surface area contributed by atoms with E-state index in [1.165, 1.54) is 0 Å². The molecular weight excluding hydrogens is 324 g/mol. The van der Waals surface area contributed by atoms with Crippen LogP contribution in [0.25, 0.3) is 0 Å². The van der Waals surface area contributed by atoms with E-state index in [-0.39, 0.29) is 22.3 Å². The molecule has 2 N–H and O–H groups in total. The first-order valence-electron chi connectivity index (χ1n) is 8.54. The molecule has 24 heavy (non-hydrogen) atoms. The van der Waals surface area contributed by atoms with Crippen molar-refractivity contribution in [3.05, 3.63) is 29.8 Å². The zero-order chi connectivity index (χ0) is 17.8. The highest BCUT2D eigenvalue weighted by molar-refractivity contribution is 7.89. The van der Waals surface area contributed by atoms with Gasteiger partial charge in [-0.2, -0.15) is 0 Å². The molecule has 1 saturated carbocycles. The first kappa shape index (κ1) is 18.9. The first-order chi connectivity index (χ1) is 11.2. The molecule has 1 aliphatic rings.